The first-order valence-corrected chi connectivity index (χ1v) is 4.55. The summed E-state index contributed by atoms with van der Waals surface area (Å²) in [5.41, 5.74) is 0.333. The molecule has 0 spiro atoms. The third kappa shape index (κ3) is 2.63. The normalized spacial score (nSPS) is 10.6. The van der Waals surface area contributed by atoms with Crippen LogP contribution >= 0.6 is 11.3 Å². The summed E-state index contributed by atoms with van der Waals surface area (Å²) in [5, 5.41) is 11.2. The van der Waals surface area contributed by atoms with Gasteiger partial charge < -0.3 is 10.4 Å². The highest BCUT2D eigenvalue weighted by molar-refractivity contribution is 7.17. The minimum Gasteiger partial charge on any atom is -0.477 e. The topological polar surface area (TPSA) is 62.2 Å². The fourth-order valence-corrected chi connectivity index (χ4v) is 1.65. The Bertz CT molecular complexity index is 340. The van der Waals surface area contributed by atoms with E-state index in [-0.39, 0.29) is 10.0 Å². The first-order valence-electron chi connectivity index (χ1n) is 3.73. The van der Waals surface area contributed by atoms with Crippen LogP contribution in [0.4, 0.5) is 13.9 Å². The van der Waals surface area contributed by atoms with E-state index >= 15 is 0 Å². The van der Waals surface area contributed by atoms with E-state index in [0.717, 1.165) is 11.3 Å². The minimum absolute atomic E-state index is 0.0711. The number of nitrogens with zero attached hydrogens (tertiary/aromatic N) is 1. The molecule has 0 aliphatic rings. The first kappa shape index (κ1) is 10.8. The Hall–Kier alpha value is -1.24. The smallest absolute Gasteiger partial charge is 0.347 e. The number of aromatic nitrogens is 1. The molecule has 0 aliphatic carbocycles. The Labute approximate surface area is 82.6 Å². The van der Waals surface area contributed by atoms with Gasteiger partial charge in [-0.1, -0.05) is 11.3 Å². The van der Waals surface area contributed by atoms with Gasteiger partial charge in [0.15, 0.2) is 5.13 Å². The van der Waals surface area contributed by atoms with E-state index in [9.17, 15) is 13.6 Å². The van der Waals surface area contributed by atoms with Gasteiger partial charge in [0.1, 0.15) is 4.88 Å². The van der Waals surface area contributed by atoms with E-state index in [0.29, 0.717) is 5.69 Å². The summed E-state index contributed by atoms with van der Waals surface area (Å²) in [7, 11) is 0. The SMILES string of the molecule is Cc1nc(NCC(F)F)sc1C(=O)O. The lowest BCUT2D eigenvalue weighted by atomic mass is 10.4. The number of aromatic carboxylic acids is 1. The highest BCUT2D eigenvalue weighted by Crippen LogP contribution is 2.22. The number of anilines is 1. The Morgan fingerprint density at radius 1 is 1.71 bits per heavy atom. The molecule has 1 aromatic rings. The van der Waals surface area contributed by atoms with Crippen LogP contribution in [0.2, 0.25) is 0 Å². The van der Waals surface area contributed by atoms with Crippen molar-refractivity contribution < 1.29 is 18.7 Å². The molecule has 0 bridgehead atoms. The van der Waals surface area contributed by atoms with Crippen molar-refractivity contribution in [3.8, 4) is 0 Å². The molecule has 14 heavy (non-hydrogen) atoms. The lowest BCUT2D eigenvalue weighted by Gasteiger charge is -1.98. The third-order valence-electron chi connectivity index (χ3n) is 1.40. The van der Waals surface area contributed by atoms with Crippen LogP contribution < -0.4 is 5.32 Å². The summed E-state index contributed by atoms with van der Waals surface area (Å²) in [4.78, 5) is 14.4. The van der Waals surface area contributed by atoms with E-state index < -0.39 is 18.9 Å². The fraction of sp³-hybridized carbons (Fsp3) is 0.429. The van der Waals surface area contributed by atoms with Gasteiger partial charge in [0.05, 0.1) is 12.2 Å². The summed E-state index contributed by atoms with van der Waals surface area (Å²) in [6, 6.07) is 0. The van der Waals surface area contributed by atoms with E-state index in [1.54, 1.807) is 0 Å². The molecule has 2 N–H and O–H groups in total. The molecule has 0 aromatic carbocycles. The molecule has 0 saturated carbocycles. The summed E-state index contributed by atoms with van der Waals surface area (Å²) in [6.07, 6.45) is -2.48. The van der Waals surface area contributed by atoms with Gasteiger partial charge in [0, 0.05) is 0 Å². The molecule has 0 aliphatic heterocycles. The second-order valence-electron chi connectivity index (χ2n) is 2.51. The molecule has 0 radical (unpaired) electrons. The number of aryl methyl sites for hydroxylation is 1. The minimum atomic E-state index is -2.48. The number of rotatable bonds is 4. The number of halogens is 2. The van der Waals surface area contributed by atoms with Gasteiger partial charge in [0.25, 0.3) is 6.43 Å². The monoisotopic (exact) mass is 222 g/mol. The van der Waals surface area contributed by atoms with E-state index in [4.69, 9.17) is 5.11 Å². The van der Waals surface area contributed by atoms with Gasteiger partial charge in [-0.25, -0.2) is 18.6 Å². The average Bonchev–Trinajstić information content (AvgIpc) is 2.43. The number of carbonyl (C=O) groups is 1. The number of hydrogen-bond donors (Lipinski definition) is 2. The van der Waals surface area contributed by atoms with Gasteiger partial charge in [-0.15, -0.1) is 0 Å². The van der Waals surface area contributed by atoms with Crippen molar-refractivity contribution in [1.29, 1.82) is 0 Å². The summed E-state index contributed by atoms with van der Waals surface area (Å²) < 4.78 is 23.6. The van der Waals surface area contributed by atoms with Gasteiger partial charge in [-0.3, -0.25) is 0 Å². The summed E-state index contributed by atoms with van der Waals surface area (Å²) in [5.74, 6) is -1.09. The van der Waals surface area contributed by atoms with Crippen molar-refractivity contribution in [2.75, 3.05) is 11.9 Å². The zero-order valence-corrected chi connectivity index (χ0v) is 8.07. The Morgan fingerprint density at radius 3 is 2.79 bits per heavy atom. The summed E-state index contributed by atoms with van der Waals surface area (Å²) >= 11 is 0.854. The maximum atomic E-state index is 11.8. The molecule has 0 saturated heterocycles. The van der Waals surface area contributed by atoms with E-state index in [2.05, 4.69) is 10.3 Å². The largest absolute Gasteiger partial charge is 0.477 e. The molecular formula is C7H8F2N2O2S. The highest BCUT2D eigenvalue weighted by Gasteiger charge is 2.14. The predicted molar refractivity (Wildman–Crippen MR) is 48.3 cm³/mol. The predicted octanol–water partition coefficient (Wildman–Crippen LogP) is 1.83. The van der Waals surface area contributed by atoms with Crippen molar-refractivity contribution in [1.82, 2.24) is 4.98 Å². The van der Waals surface area contributed by atoms with Crippen molar-refractivity contribution in [3.63, 3.8) is 0 Å². The van der Waals surface area contributed by atoms with Gasteiger partial charge >= 0.3 is 5.97 Å². The van der Waals surface area contributed by atoms with Gasteiger partial charge in [-0.2, -0.15) is 0 Å². The van der Waals surface area contributed by atoms with Gasteiger partial charge in [-0.05, 0) is 6.92 Å². The Balaban J connectivity index is 2.71. The Morgan fingerprint density at radius 2 is 2.36 bits per heavy atom. The average molecular weight is 222 g/mol. The number of hydrogen-bond acceptors (Lipinski definition) is 4. The van der Waals surface area contributed by atoms with E-state index in [1.165, 1.54) is 6.92 Å². The van der Waals surface area contributed by atoms with Crippen LogP contribution in [0.5, 0.6) is 0 Å². The zero-order chi connectivity index (χ0) is 10.7. The number of alkyl halides is 2. The van der Waals surface area contributed by atoms with Crippen molar-refractivity contribution in [3.05, 3.63) is 10.6 Å². The quantitative estimate of drug-likeness (QED) is 0.815. The van der Waals surface area contributed by atoms with Crippen LogP contribution in [0.15, 0.2) is 0 Å². The van der Waals surface area contributed by atoms with E-state index in [1.807, 2.05) is 0 Å². The molecule has 0 unspecified atom stereocenters. The molecule has 1 rings (SSSR count). The van der Waals surface area contributed by atoms with Crippen LogP contribution in [0.1, 0.15) is 15.4 Å². The van der Waals surface area contributed by atoms with Crippen LogP contribution in [0.3, 0.4) is 0 Å². The standard InChI is InChI=1S/C7H8F2N2O2S/c1-3-5(6(12)13)14-7(11-3)10-2-4(8)9/h4H,2H2,1H3,(H,10,11)(H,12,13). The number of thiazole rings is 1. The Kier molecular flexibility index (Phi) is 3.34. The van der Waals surface area contributed by atoms with Crippen LogP contribution in [0, 0.1) is 6.92 Å². The number of carboxylic acids is 1. The maximum absolute atomic E-state index is 11.8. The van der Waals surface area contributed by atoms with Crippen LogP contribution in [-0.4, -0.2) is 29.0 Å². The third-order valence-corrected chi connectivity index (χ3v) is 2.50. The molecule has 0 amide bonds. The van der Waals surface area contributed by atoms with Gasteiger partial charge in [0.2, 0.25) is 0 Å². The number of carboxylic acid groups (broad SMARTS) is 1. The first-order chi connectivity index (χ1) is 6.50. The maximum Gasteiger partial charge on any atom is 0.347 e. The molecule has 7 heteroatoms. The molecule has 78 valence electrons. The molecule has 0 atom stereocenters. The van der Waals surface area contributed by atoms with Crippen molar-refractivity contribution in [2.45, 2.75) is 13.3 Å². The fourth-order valence-electron chi connectivity index (χ4n) is 0.835. The van der Waals surface area contributed by atoms with Crippen LogP contribution in [0.25, 0.3) is 0 Å². The molecular weight excluding hydrogens is 214 g/mol. The summed E-state index contributed by atoms with van der Waals surface area (Å²) in [6.45, 7) is 1.000. The number of nitrogens with one attached hydrogen (secondary N) is 1. The second kappa shape index (κ2) is 4.32. The highest BCUT2D eigenvalue weighted by atomic mass is 32.1. The van der Waals surface area contributed by atoms with Crippen molar-refractivity contribution in [2.24, 2.45) is 0 Å². The lowest BCUT2D eigenvalue weighted by molar-refractivity contribution is 0.0701. The molecule has 0 fully saturated rings. The lowest BCUT2D eigenvalue weighted by Crippen LogP contribution is -2.09. The molecule has 1 heterocycles. The molecule has 4 nitrogen and oxygen atoms in total. The van der Waals surface area contributed by atoms with Crippen molar-refractivity contribution >= 4 is 22.4 Å². The zero-order valence-electron chi connectivity index (χ0n) is 7.25. The second-order valence-corrected chi connectivity index (χ2v) is 3.51. The van der Waals surface area contributed by atoms with Crippen LogP contribution in [-0.2, 0) is 0 Å². The molecule has 1 aromatic heterocycles.